The Morgan fingerprint density at radius 3 is 1.37 bits per heavy atom. The molecule has 0 spiro atoms. The molecule has 0 aliphatic carbocycles. The van der Waals surface area contributed by atoms with E-state index >= 15 is 0 Å². The van der Waals surface area contributed by atoms with Gasteiger partial charge in [-0.2, -0.15) is 0 Å². The van der Waals surface area contributed by atoms with Crippen LogP contribution in [-0.2, 0) is 82.3 Å². The maximum absolute atomic E-state index is 14.9. The minimum atomic E-state index is -1.04. The van der Waals surface area contributed by atoms with Gasteiger partial charge in [0, 0.05) is 18.5 Å². The summed E-state index contributed by atoms with van der Waals surface area (Å²) in [4.78, 5) is 27.3. The first-order chi connectivity index (χ1) is 48.4. The van der Waals surface area contributed by atoms with Gasteiger partial charge in [-0.15, -0.1) is 0 Å². The van der Waals surface area contributed by atoms with E-state index in [0.717, 1.165) is 110 Å². The Morgan fingerprint density at radius 2 is 0.867 bits per heavy atom. The minimum Gasteiger partial charge on any atom is -0.374 e. The highest BCUT2D eigenvalue weighted by molar-refractivity contribution is 5.94. The van der Waals surface area contributed by atoms with Crippen LogP contribution >= 0.6 is 0 Å². The summed E-state index contributed by atoms with van der Waals surface area (Å²) >= 11 is 0. The fourth-order valence-electron chi connectivity index (χ4n) is 12.7. The van der Waals surface area contributed by atoms with Crippen molar-refractivity contribution >= 4 is 11.8 Å². The highest BCUT2D eigenvalue weighted by Gasteiger charge is 2.50. The highest BCUT2D eigenvalue weighted by atomic mass is 19.1. The number of benzene rings is 7. The minimum absolute atomic E-state index is 0.0113. The number of rotatable bonds is 51. The molecule has 1 saturated heterocycles. The van der Waals surface area contributed by atoms with Crippen LogP contribution in [0.25, 0.3) is 0 Å². The van der Waals surface area contributed by atoms with Gasteiger partial charge in [-0.3, -0.25) is 9.59 Å². The Morgan fingerprint density at radius 1 is 0.439 bits per heavy atom. The van der Waals surface area contributed by atoms with E-state index in [-0.39, 0.29) is 51.5 Å². The van der Waals surface area contributed by atoms with Crippen LogP contribution in [0.2, 0.25) is 0 Å². The van der Waals surface area contributed by atoms with Gasteiger partial charge in [-0.25, -0.2) is 4.39 Å². The maximum Gasteiger partial charge on any atom is 0.251 e. The van der Waals surface area contributed by atoms with Crippen molar-refractivity contribution in [2.24, 2.45) is 0 Å². The molecular formula is C85H111FN2O10. The van der Waals surface area contributed by atoms with E-state index in [1.807, 2.05) is 133 Å². The molecule has 8 atom stereocenters. The highest BCUT2D eigenvalue weighted by Crippen LogP contribution is 2.33. The van der Waals surface area contributed by atoms with Gasteiger partial charge in [-0.1, -0.05) is 317 Å². The lowest BCUT2D eigenvalue weighted by Gasteiger charge is -2.46. The molecule has 12 nitrogen and oxygen atoms in total. The summed E-state index contributed by atoms with van der Waals surface area (Å²) in [6.45, 7) is 4.77. The second-order valence-corrected chi connectivity index (χ2v) is 26.3. The standard InChI is InChI=1S/C85H111FN2O10/c1-2-3-4-5-6-7-8-9-11-14-17-38-56-77(92-61-69-44-28-21-29-45-69)80(93-62-70-46-30-22-31-47-70)76(88-79(89)57-39-18-15-12-10-13-16-19-40-58-87-84(90)74-54-41-55-75(86)59-74)66-97-85-83(96-65-73-52-36-25-37-53-73)82(95-64-72-50-34-24-35-51-72)81(94-63-71-48-32-23-33-49-71)78(98-85)67-91-60-68-42-26-20-27-43-68/h20-37,41-55,59,76-78,80-83,85H,2-19,38-40,56-58,60-67H2,1H3,(H,87,90)(H,88,89)/t76-,77+,78+,80-,81-,82-,83+,85-/m0/s1. The lowest BCUT2D eigenvalue weighted by atomic mass is 9.97. The number of halogens is 1. The van der Waals surface area contributed by atoms with Gasteiger partial charge in [-0.05, 0) is 70.8 Å². The van der Waals surface area contributed by atoms with Gasteiger partial charge in [0.1, 0.15) is 36.3 Å². The second kappa shape index (κ2) is 47.2. The van der Waals surface area contributed by atoms with E-state index in [9.17, 15) is 14.0 Å². The molecular weight excluding hydrogens is 1230 g/mol. The zero-order valence-electron chi connectivity index (χ0n) is 58.3. The zero-order valence-corrected chi connectivity index (χ0v) is 58.3. The number of ether oxygens (including phenoxy) is 8. The van der Waals surface area contributed by atoms with Crippen LogP contribution in [-0.4, -0.2) is 80.5 Å². The smallest absolute Gasteiger partial charge is 0.251 e. The van der Waals surface area contributed by atoms with Crippen molar-refractivity contribution in [1.29, 1.82) is 0 Å². The summed E-state index contributed by atoms with van der Waals surface area (Å²) in [5.74, 6) is -0.753. The number of nitrogens with one attached hydrogen (secondary N) is 2. The molecule has 1 fully saturated rings. The van der Waals surface area contributed by atoms with E-state index in [2.05, 4.69) is 66.1 Å². The van der Waals surface area contributed by atoms with Crippen LogP contribution in [0.3, 0.4) is 0 Å². The van der Waals surface area contributed by atoms with E-state index < -0.39 is 54.8 Å². The molecule has 98 heavy (non-hydrogen) atoms. The third-order valence-electron chi connectivity index (χ3n) is 18.3. The van der Waals surface area contributed by atoms with E-state index in [1.165, 1.54) is 69.9 Å². The first-order valence-corrected chi connectivity index (χ1v) is 36.9. The van der Waals surface area contributed by atoms with E-state index in [1.54, 1.807) is 12.1 Å². The number of carbonyl (C=O) groups is 2. The van der Waals surface area contributed by atoms with Gasteiger partial charge in [0.05, 0.1) is 65.0 Å². The monoisotopic (exact) mass is 1340 g/mol. The number of unbranched alkanes of at least 4 members (excludes halogenated alkanes) is 19. The molecule has 0 aromatic heterocycles. The Labute approximate surface area is 585 Å². The van der Waals surface area contributed by atoms with Crippen LogP contribution in [0.5, 0.6) is 0 Å². The zero-order chi connectivity index (χ0) is 68.1. The Bertz CT molecular complexity index is 3150. The first kappa shape index (κ1) is 76.8. The van der Waals surface area contributed by atoms with Crippen molar-refractivity contribution in [2.45, 2.75) is 243 Å². The predicted octanol–water partition coefficient (Wildman–Crippen LogP) is 18.9. The van der Waals surface area contributed by atoms with Gasteiger partial charge >= 0.3 is 0 Å². The lowest BCUT2D eigenvalue weighted by molar-refractivity contribution is -0.330. The SMILES string of the molecule is CCCCCCCCCCCCCC[C@@H](OCc1ccccc1)[C@@H](OCc1ccccc1)[C@H](CO[C@H]1O[C@H](COCc2ccccc2)[C@H](OCc2ccccc2)[C@H](OCc2ccccc2)[C@H]1OCc1ccccc1)NC(=O)CCCCCCCCCCCNC(=O)c1cccc(F)c1. The van der Waals surface area contributed by atoms with Crippen LogP contribution in [0.4, 0.5) is 4.39 Å². The van der Waals surface area contributed by atoms with E-state index in [0.29, 0.717) is 38.2 Å². The lowest BCUT2D eigenvalue weighted by Crippen LogP contribution is -2.62. The summed E-state index contributed by atoms with van der Waals surface area (Å²) in [5, 5.41) is 6.44. The Kier molecular flexibility index (Phi) is 37.0. The molecule has 13 heteroatoms. The van der Waals surface area contributed by atoms with Crippen LogP contribution < -0.4 is 10.6 Å². The quantitative estimate of drug-likeness (QED) is 0.0355. The topological polar surface area (TPSA) is 132 Å². The Hall–Kier alpha value is -6.91. The van der Waals surface area contributed by atoms with Gasteiger partial charge in [0.2, 0.25) is 5.91 Å². The summed E-state index contributed by atoms with van der Waals surface area (Å²) in [6, 6.07) is 66.0. The normalized spacial score (nSPS) is 17.1. The molecule has 1 aliphatic rings. The van der Waals surface area contributed by atoms with Crippen molar-refractivity contribution in [2.75, 3.05) is 19.8 Å². The number of hydrogen-bond acceptors (Lipinski definition) is 10. The maximum atomic E-state index is 14.9. The summed E-state index contributed by atoms with van der Waals surface area (Å²) in [5.41, 5.74) is 6.38. The second-order valence-electron chi connectivity index (χ2n) is 26.3. The fraction of sp³-hybridized carbons (Fsp3) is 0.482. The molecule has 0 unspecified atom stereocenters. The largest absolute Gasteiger partial charge is 0.374 e. The summed E-state index contributed by atoms with van der Waals surface area (Å²) < 4.78 is 70.5. The molecule has 8 rings (SSSR count). The molecule has 0 bridgehead atoms. The van der Waals surface area contributed by atoms with Crippen LogP contribution in [0.1, 0.15) is 198 Å². The number of amides is 2. The predicted molar refractivity (Wildman–Crippen MR) is 388 cm³/mol. The van der Waals surface area contributed by atoms with Crippen molar-refractivity contribution < 1.29 is 51.9 Å². The van der Waals surface area contributed by atoms with Crippen molar-refractivity contribution in [3.8, 4) is 0 Å². The number of carbonyl (C=O) groups excluding carboxylic acids is 2. The van der Waals surface area contributed by atoms with Crippen molar-refractivity contribution in [1.82, 2.24) is 10.6 Å². The van der Waals surface area contributed by atoms with Crippen LogP contribution in [0, 0.1) is 5.82 Å². The van der Waals surface area contributed by atoms with E-state index in [4.69, 9.17) is 37.9 Å². The fourth-order valence-corrected chi connectivity index (χ4v) is 12.7. The van der Waals surface area contributed by atoms with Crippen LogP contribution in [0.15, 0.2) is 206 Å². The third-order valence-corrected chi connectivity index (χ3v) is 18.3. The molecule has 7 aromatic rings. The summed E-state index contributed by atoms with van der Waals surface area (Å²) in [7, 11) is 0. The average molecular weight is 1340 g/mol. The molecule has 1 aliphatic heterocycles. The third kappa shape index (κ3) is 29.9. The molecule has 2 amide bonds. The molecule has 528 valence electrons. The first-order valence-electron chi connectivity index (χ1n) is 36.9. The van der Waals surface area contributed by atoms with Gasteiger partial charge < -0.3 is 48.5 Å². The van der Waals surface area contributed by atoms with Crippen molar-refractivity contribution in [3.05, 3.63) is 251 Å². The average Bonchev–Trinajstić information content (AvgIpc) is 0.790. The van der Waals surface area contributed by atoms with Crippen molar-refractivity contribution in [3.63, 3.8) is 0 Å². The molecule has 2 N–H and O–H groups in total. The molecule has 0 radical (unpaired) electrons. The number of hydrogen-bond donors (Lipinski definition) is 2. The van der Waals surface area contributed by atoms with Gasteiger partial charge in [0.15, 0.2) is 6.29 Å². The van der Waals surface area contributed by atoms with Gasteiger partial charge in [0.25, 0.3) is 5.91 Å². The molecule has 0 saturated carbocycles. The Balaban J connectivity index is 1.04. The molecule has 7 aromatic carbocycles. The summed E-state index contributed by atoms with van der Waals surface area (Å²) in [6.07, 6.45) is 19.6. The molecule has 1 heterocycles.